The number of fused-ring (bicyclic) bond motifs is 1. The van der Waals surface area contributed by atoms with Crippen LogP contribution in [0.4, 0.5) is 5.69 Å². The van der Waals surface area contributed by atoms with Gasteiger partial charge in [-0.1, -0.05) is 18.2 Å². The number of nitrogens with one attached hydrogen (secondary N) is 2. The predicted octanol–water partition coefficient (Wildman–Crippen LogP) is 4.21. The molecular formula is C25H28N4O2. The summed E-state index contributed by atoms with van der Waals surface area (Å²) < 4.78 is 10.9. The Kier molecular flexibility index (Phi) is 5.98. The van der Waals surface area contributed by atoms with Crippen molar-refractivity contribution >= 4 is 5.69 Å². The van der Waals surface area contributed by atoms with E-state index in [0.717, 1.165) is 79.5 Å². The molecule has 0 amide bonds. The molecule has 2 aliphatic rings. The summed E-state index contributed by atoms with van der Waals surface area (Å²) >= 11 is 0. The number of ether oxygens (including phenoxy) is 2. The van der Waals surface area contributed by atoms with E-state index in [4.69, 9.17) is 14.5 Å². The van der Waals surface area contributed by atoms with Crippen molar-refractivity contribution in [1.29, 1.82) is 0 Å². The second-order valence-electron chi connectivity index (χ2n) is 8.15. The zero-order valence-corrected chi connectivity index (χ0v) is 17.6. The van der Waals surface area contributed by atoms with Crippen molar-refractivity contribution in [3.8, 4) is 22.8 Å². The van der Waals surface area contributed by atoms with Gasteiger partial charge in [-0.2, -0.15) is 0 Å². The fraction of sp³-hybridized carbons (Fsp3) is 0.360. The molecule has 0 atom stereocenters. The number of aromatic nitrogens is 2. The number of rotatable bonds is 7. The van der Waals surface area contributed by atoms with Crippen LogP contribution >= 0.6 is 0 Å². The second-order valence-corrected chi connectivity index (χ2v) is 8.15. The Hall–Kier alpha value is -3.12. The van der Waals surface area contributed by atoms with Gasteiger partial charge in [-0.05, 0) is 74.7 Å². The van der Waals surface area contributed by atoms with Gasteiger partial charge in [-0.3, -0.25) is 0 Å². The molecule has 1 fully saturated rings. The molecule has 2 N–H and O–H groups in total. The van der Waals surface area contributed by atoms with Crippen LogP contribution in [0.15, 0.2) is 54.7 Å². The van der Waals surface area contributed by atoms with Crippen molar-refractivity contribution in [2.45, 2.75) is 38.1 Å². The lowest BCUT2D eigenvalue weighted by Gasteiger charge is -2.24. The number of hydrogen-bond acceptors (Lipinski definition) is 6. The maximum absolute atomic E-state index is 5.47. The van der Waals surface area contributed by atoms with Crippen molar-refractivity contribution in [3.05, 3.63) is 66.1 Å². The van der Waals surface area contributed by atoms with E-state index < -0.39 is 0 Å². The lowest BCUT2D eigenvalue weighted by molar-refractivity contribution is 0.174. The molecule has 0 radical (unpaired) electrons. The Bertz CT molecular complexity index is 1030. The van der Waals surface area contributed by atoms with E-state index in [9.17, 15) is 0 Å². The minimum Gasteiger partial charge on any atom is -0.454 e. The molecule has 0 aliphatic carbocycles. The van der Waals surface area contributed by atoms with E-state index >= 15 is 0 Å². The lowest BCUT2D eigenvalue weighted by Crippen LogP contribution is -2.35. The fourth-order valence-electron chi connectivity index (χ4n) is 4.20. The first-order valence-corrected chi connectivity index (χ1v) is 11.1. The summed E-state index contributed by atoms with van der Waals surface area (Å²) in [7, 11) is 0. The van der Waals surface area contributed by atoms with Crippen LogP contribution in [0.5, 0.6) is 11.5 Å². The smallest absolute Gasteiger partial charge is 0.231 e. The number of nitrogens with zero attached hydrogens (tertiary/aromatic N) is 2. The average Bonchev–Trinajstić information content (AvgIpc) is 3.28. The van der Waals surface area contributed by atoms with Crippen molar-refractivity contribution in [2.24, 2.45) is 0 Å². The van der Waals surface area contributed by atoms with Crippen LogP contribution < -0.4 is 20.1 Å². The number of benzene rings is 2. The fourth-order valence-corrected chi connectivity index (χ4v) is 4.20. The molecule has 6 nitrogen and oxygen atoms in total. The molecule has 1 saturated heterocycles. The van der Waals surface area contributed by atoms with E-state index in [1.54, 1.807) is 0 Å². The third-order valence-corrected chi connectivity index (χ3v) is 5.88. The highest BCUT2D eigenvalue weighted by Crippen LogP contribution is 2.32. The van der Waals surface area contributed by atoms with E-state index in [1.165, 1.54) is 5.56 Å². The topological polar surface area (TPSA) is 68.3 Å². The maximum atomic E-state index is 5.47. The van der Waals surface area contributed by atoms with Crippen LogP contribution in [0.25, 0.3) is 11.3 Å². The molecule has 3 aromatic rings. The standard InChI is InChI=1S/C25H28N4O2/c1(3-18-7-8-23-24(15-18)31-17-30-23)6-25-27-14-11-22(29-25)19-4-2-5-21(16-19)28-20-9-12-26-13-10-20/h2,4-5,7-8,11,14-16,20,26,28H,1,3,6,9-10,12-13,17H2. The summed E-state index contributed by atoms with van der Waals surface area (Å²) in [5.41, 5.74) is 4.50. The van der Waals surface area contributed by atoms with Crippen LogP contribution in [0, 0.1) is 0 Å². The van der Waals surface area contributed by atoms with E-state index in [2.05, 4.69) is 52.0 Å². The largest absolute Gasteiger partial charge is 0.454 e. The van der Waals surface area contributed by atoms with Crippen LogP contribution in [-0.4, -0.2) is 35.9 Å². The molecule has 3 heterocycles. The van der Waals surface area contributed by atoms with Gasteiger partial charge in [0.15, 0.2) is 11.5 Å². The van der Waals surface area contributed by atoms with Crippen LogP contribution in [0.3, 0.4) is 0 Å². The molecule has 0 spiro atoms. The summed E-state index contributed by atoms with van der Waals surface area (Å²) in [5, 5.41) is 7.09. The Balaban J connectivity index is 1.21. The van der Waals surface area contributed by atoms with Gasteiger partial charge in [0, 0.05) is 29.9 Å². The number of anilines is 1. The third-order valence-electron chi connectivity index (χ3n) is 5.88. The third kappa shape index (κ3) is 4.97. The van der Waals surface area contributed by atoms with Crippen molar-refractivity contribution < 1.29 is 9.47 Å². The first kappa shape index (κ1) is 19.8. The average molecular weight is 417 g/mol. The van der Waals surface area contributed by atoms with Crippen LogP contribution in [0.1, 0.15) is 30.7 Å². The molecule has 2 aromatic carbocycles. The monoisotopic (exact) mass is 416 g/mol. The zero-order chi connectivity index (χ0) is 20.9. The van der Waals surface area contributed by atoms with Crippen molar-refractivity contribution in [3.63, 3.8) is 0 Å². The van der Waals surface area contributed by atoms with E-state index in [-0.39, 0.29) is 0 Å². The summed E-state index contributed by atoms with van der Waals surface area (Å²) in [6, 6.07) is 17.2. The highest BCUT2D eigenvalue weighted by Gasteiger charge is 2.14. The highest BCUT2D eigenvalue weighted by atomic mass is 16.7. The second kappa shape index (κ2) is 9.35. The summed E-state index contributed by atoms with van der Waals surface area (Å²) in [5.74, 6) is 2.56. The molecule has 0 bridgehead atoms. The number of hydrogen-bond donors (Lipinski definition) is 2. The summed E-state index contributed by atoms with van der Waals surface area (Å²) in [6.45, 7) is 2.48. The molecule has 160 valence electrons. The Morgan fingerprint density at radius 3 is 2.81 bits per heavy atom. The van der Waals surface area contributed by atoms with Crippen LogP contribution in [0.2, 0.25) is 0 Å². The molecule has 6 heteroatoms. The van der Waals surface area contributed by atoms with Gasteiger partial charge in [-0.25, -0.2) is 9.97 Å². The van der Waals surface area contributed by atoms with Crippen molar-refractivity contribution in [2.75, 3.05) is 25.2 Å². The van der Waals surface area contributed by atoms with Gasteiger partial charge >= 0.3 is 0 Å². The van der Waals surface area contributed by atoms with Gasteiger partial charge in [0.2, 0.25) is 6.79 Å². The quantitative estimate of drug-likeness (QED) is 0.601. The molecule has 2 aliphatic heterocycles. The lowest BCUT2D eigenvalue weighted by atomic mass is 10.1. The summed E-state index contributed by atoms with van der Waals surface area (Å²) in [6.07, 6.45) is 6.97. The molecule has 0 saturated carbocycles. The normalized spacial score (nSPS) is 15.7. The van der Waals surface area contributed by atoms with Crippen LogP contribution in [-0.2, 0) is 12.8 Å². The Morgan fingerprint density at radius 1 is 0.968 bits per heavy atom. The van der Waals surface area contributed by atoms with Gasteiger partial charge in [0.05, 0.1) is 5.69 Å². The maximum Gasteiger partial charge on any atom is 0.231 e. The minimum absolute atomic E-state index is 0.313. The minimum atomic E-state index is 0.313. The molecule has 5 rings (SSSR count). The number of piperidine rings is 1. The van der Waals surface area contributed by atoms with E-state index in [0.29, 0.717) is 12.8 Å². The number of aryl methyl sites for hydroxylation is 2. The first-order chi connectivity index (χ1) is 15.3. The zero-order valence-electron chi connectivity index (χ0n) is 17.6. The predicted molar refractivity (Wildman–Crippen MR) is 122 cm³/mol. The van der Waals surface area contributed by atoms with Gasteiger partial charge in [-0.15, -0.1) is 0 Å². The highest BCUT2D eigenvalue weighted by molar-refractivity contribution is 5.65. The molecule has 1 aromatic heterocycles. The van der Waals surface area contributed by atoms with Gasteiger partial charge in [0.25, 0.3) is 0 Å². The Morgan fingerprint density at radius 2 is 1.87 bits per heavy atom. The Labute approximate surface area is 183 Å². The SMILES string of the molecule is c1cc(NC2CCNCC2)cc(-c2ccnc(CCCc3ccc4c(c3)OCO4)n2)c1. The first-order valence-electron chi connectivity index (χ1n) is 11.1. The van der Waals surface area contributed by atoms with Crippen molar-refractivity contribution in [1.82, 2.24) is 15.3 Å². The molecule has 0 unspecified atom stereocenters. The molecule has 31 heavy (non-hydrogen) atoms. The van der Waals surface area contributed by atoms with Gasteiger partial charge < -0.3 is 20.1 Å². The van der Waals surface area contributed by atoms with E-state index in [1.807, 2.05) is 18.3 Å². The molecular weight excluding hydrogens is 388 g/mol. The van der Waals surface area contributed by atoms with Gasteiger partial charge in [0.1, 0.15) is 5.82 Å². The summed E-state index contributed by atoms with van der Waals surface area (Å²) in [4.78, 5) is 9.32.